The van der Waals surface area contributed by atoms with Crippen LogP contribution in [-0.4, -0.2) is 23.0 Å². The van der Waals surface area contributed by atoms with Gasteiger partial charge in [-0.05, 0) is 17.5 Å². The Bertz CT molecular complexity index is 401. The number of anilines is 1. The highest BCUT2D eigenvalue weighted by molar-refractivity contribution is 5.91. The number of pyridine rings is 1. The summed E-state index contributed by atoms with van der Waals surface area (Å²) < 4.78 is 0. The topological polar surface area (TPSA) is 45.2 Å². The van der Waals surface area contributed by atoms with Crippen LogP contribution in [0.2, 0.25) is 0 Å². The van der Waals surface area contributed by atoms with Crippen molar-refractivity contribution in [2.45, 2.75) is 26.3 Å². The first kappa shape index (κ1) is 9.96. The van der Waals surface area contributed by atoms with E-state index in [2.05, 4.69) is 24.1 Å². The summed E-state index contributed by atoms with van der Waals surface area (Å²) in [4.78, 5) is 17.3. The Kier molecular flexibility index (Phi) is 2.34. The molecule has 1 aliphatic rings. The fraction of sp³-hybridized carbons (Fsp3) is 0.455. The minimum atomic E-state index is -0.0871. The van der Waals surface area contributed by atoms with Gasteiger partial charge in [-0.3, -0.25) is 5.32 Å². The lowest BCUT2D eigenvalue weighted by molar-refractivity contribution is 0.218. The molecule has 4 nitrogen and oxygen atoms in total. The van der Waals surface area contributed by atoms with E-state index < -0.39 is 0 Å². The van der Waals surface area contributed by atoms with E-state index in [1.165, 1.54) is 5.56 Å². The molecule has 1 aromatic rings. The molecule has 0 saturated carbocycles. The molecular weight excluding hydrogens is 190 g/mol. The molecule has 0 fully saturated rings. The second kappa shape index (κ2) is 3.53. The maximum atomic E-state index is 11.4. The number of carbonyl (C=O) groups excluding carboxylic acids is 1. The Morgan fingerprint density at radius 2 is 2.27 bits per heavy atom. The van der Waals surface area contributed by atoms with E-state index in [9.17, 15) is 4.79 Å². The predicted octanol–water partition coefficient (Wildman–Crippen LogP) is 2.18. The van der Waals surface area contributed by atoms with Crippen LogP contribution in [0, 0.1) is 0 Å². The molecule has 15 heavy (non-hydrogen) atoms. The summed E-state index contributed by atoms with van der Waals surface area (Å²) >= 11 is 0. The van der Waals surface area contributed by atoms with Crippen molar-refractivity contribution >= 4 is 11.8 Å². The highest BCUT2D eigenvalue weighted by Gasteiger charge is 2.23. The first-order valence-electron chi connectivity index (χ1n) is 5.09. The van der Waals surface area contributed by atoms with Gasteiger partial charge in [0.2, 0.25) is 0 Å². The molecule has 2 amide bonds. The molecule has 4 heteroatoms. The van der Waals surface area contributed by atoms with Crippen LogP contribution < -0.4 is 5.32 Å². The molecule has 80 valence electrons. The molecule has 0 aliphatic carbocycles. The molecule has 1 aromatic heterocycles. The summed E-state index contributed by atoms with van der Waals surface area (Å²) in [5, 5.41) is 2.78. The zero-order valence-electron chi connectivity index (χ0n) is 9.24. The molecule has 0 aromatic carbocycles. The minimum absolute atomic E-state index is 0.0871. The van der Waals surface area contributed by atoms with E-state index in [0.29, 0.717) is 18.3 Å². The van der Waals surface area contributed by atoms with Crippen LogP contribution in [-0.2, 0) is 6.54 Å². The summed E-state index contributed by atoms with van der Waals surface area (Å²) in [7, 11) is 1.79. The van der Waals surface area contributed by atoms with Crippen LogP contribution in [0.1, 0.15) is 30.9 Å². The number of aromatic nitrogens is 1. The van der Waals surface area contributed by atoms with Gasteiger partial charge in [0.25, 0.3) is 0 Å². The highest BCUT2D eigenvalue weighted by atomic mass is 16.2. The number of fused-ring (bicyclic) bond motifs is 1. The van der Waals surface area contributed by atoms with Gasteiger partial charge in [-0.15, -0.1) is 0 Å². The normalized spacial score (nSPS) is 15.2. The third kappa shape index (κ3) is 1.67. The van der Waals surface area contributed by atoms with E-state index in [1.54, 1.807) is 18.1 Å². The standard InChI is InChI=1S/C11H15N3O/c1-7(2)8-4-5-12-10-9(8)6-14(3)11(15)13-10/h4-5,7H,6H2,1-3H3,(H,12,13,15). The zero-order chi connectivity index (χ0) is 11.0. The molecule has 0 saturated heterocycles. The average Bonchev–Trinajstić information content (AvgIpc) is 2.18. The summed E-state index contributed by atoms with van der Waals surface area (Å²) in [5.74, 6) is 1.16. The fourth-order valence-electron chi connectivity index (χ4n) is 1.83. The van der Waals surface area contributed by atoms with Gasteiger partial charge < -0.3 is 4.90 Å². The van der Waals surface area contributed by atoms with E-state index in [4.69, 9.17) is 0 Å². The van der Waals surface area contributed by atoms with Crippen LogP contribution in [0.4, 0.5) is 10.6 Å². The van der Waals surface area contributed by atoms with Crippen molar-refractivity contribution in [2.24, 2.45) is 0 Å². The number of nitrogens with zero attached hydrogens (tertiary/aromatic N) is 2. The van der Waals surface area contributed by atoms with Crippen molar-refractivity contribution in [3.63, 3.8) is 0 Å². The lowest BCUT2D eigenvalue weighted by Gasteiger charge is -2.27. The van der Waals surface area contributed by atoms with Crippen LogP contribution in [0.3, 0.4) is 0 Å². The van der Waals surface area contributed by atoms with Gasteiger partial charge in [-0.25, -0.2) is 9.78 Å². The molecule has 0 unspecified atom stereocenters. The molecule has 0 radical (unpaired) electrons. The third-order valence-corrected chi connectivity index (χ3v) is 2.68. The molecule has 2 heterocycles. The van der Waals surface area contributed by atoms with Gasteiger partial charge in [0.05, 0.1) is 6.54 Å². The van der Waals surface area contributed by atoms with Crippen molar-refractivity contribution in [3.05, 3.63) is 23.4 Å². The van der Waals surface area contributed by atoms with Crippen molar-refractivity contribution < 1.29 is 4.79 Å². The van der Waals surface area contributed by atoms with Gasteiger partial charge in [-0.1, -0.05) is 13.8 Å². The SMILES string of the molecule is CC(C)c1ccnc2c1CN(C)C(=O)N2. The lowest BCUT2D eigenvalue weighted by atomic mass is 9.97. The van der Waals surface area contributed by atoms with E-state index in [0.717, 1.165) is 5.56 Å². The summed E-state index contributed by atoms with van der Waals surface area (Å²) in [5.41, 5.74) is 2.39. The Hall–Kier alpha value is -1.58. The van der Waals surface area contributed by atoms with Crippen LogP contribution in [0.5, 0.6) is 0 Å². The van der Waals surface area contributed by atoms with Gasteiger partial charge in [0.1, 0.15) is 5.82 Å². The zero-order valence-corrected chi connectivity index (χ0v) is 9.24. The van der Waals surface area contributed by atoms with E-state index in [1.807, 2.05) is 6.07 Å². The van der Waals surface area contributed by atoms with Crippen LogP contribution >= 0.6 is 0 Å². The fourth-order valence-corrected chi connectivity index (χ4v) is 1.83. The molecule has 1 aliphatic heterocycles. The van der Waals surface area contributed by atoms with E-state index >= 15 is 0 Å². The number of hydrogen-bond acceptors (Lipinski definition) is 2. The highest BCUT2D eigenvalue weighted by Crippen LogP contribution is 2.28. The van der Waals surface area contributed by atoms with Crippen molar-refractivity contribution in [2.75, 3.05) is 12.4 Å². The second-order valence-electron chi connectivity index (χ2n) is 4.17. The van der Waals surface area contributed by atoms with Crippen LogP contribution in [0.25, 0.3) is 0 Å². The lowest BCUT2D eigenvalue weighted by Crippen LogP contribution is -2.36. The number of urea groups is 1. The number of hydrogen-bond donors (Lipinski definition) is 1. The van der Waals surface area contributed by atoms with Gasteiger partial charge in [-0.2, -0.15) is 0 Å². The predicted molar refractivity (Wildman–Crippen MR) is 58.8 cm³/mol. The molecular formula is C11H15N3O. The average molecular weight is 205 g/mol. The van der Waals surface area contributed by atoms with Crippen molar-refractivity contribution in [3.8, 4) is 0 Å². The Balaban J connectivity index is 2.48. The smallest absolute Gasteiger partial charge is 0.323 e. The first-order valence-corrected chi connectivity index (χ1v) is 5.09. The minimum Gasteiger partial charge on any atom is -0.323 e. The summed E-state index contributed by atoms with van der Waals surface area (Å²) in [6.45, 7) is 4.93. The monoisotopic (exact) mass is 205 g/mol. The number of amides is 2. The molecule has 0 spiro atoms. The number of nitrogens with one attached hydrogen (secondary N) is 1. The Morgan fingerprint density at radius 3 is 2.93 bits per heavy atom. The Labute approximate surface area is 89.3 Å². The summed E-state index contributed by atoms with van der Waals surface area (Å²) in [6, 6.07) is 1.94. The van der Waals surface area contributed by atoms with E-state index in [-0.39, 0.29) is 6.03 Å². The number of carbonyl (C=O) groups is 1. The second-order valence-corrected chi connectivity index (χ2v) is 4.17. The number of rotatable bonds is 1. The van der Waals surface area contributed by atoms with Gasteiger partial charge >= 0.3 is 6.03 Å². The quantitative estimate of drug-likeness (QED) is 0.763. The molecule has 0 atom stereocenters. The maximum Gasteiger partial charge on any atom is 0.323 e. The largest absolute Gasteiger partial charge is 0.323 e. The third-order valence-electron chi connectivity index (χ3n) is 2.68. The van der Waals surface area contributed by atoms with Gasteiger partial charge in [0.15, 0.2) is 0 Å². The van der Waals surface area contributed by atoms with Crippen LogP contribution in [0.15, 0.2) is 12.3 Å². The Morgan fingerprint density at radius 1 is 1.53 bits per heavy atom. The molecule has 2 rings (SSSR count). The van der Waals surface area contributed by atoms with Gasteiger partial charge in [0, 0.05) is 18.8 Å². The first-order chi connectivity index (χ1) is 7.09. The molecule has 0 bridgehead atoms. The van der Waals surface area contributed by atoms with Crippen molar-refractivity contribution in [1.82, 2.24) is 9.88 Å². The summed E-state index contributed by atoms with van der Waals surface area (Å²) in [6.07, 6.45) is 1.75. The van der Waals surface area contributed by atoms with Crippen molar-refractivity contribution in [1.29, 1.82) is 0 Å². The maximum absolute atomic E-state index is 11.4. The molecule has 1 N–H and O–H groups in total.